The number of nitrogens with zero attached hydrogens (tertiary/aromatic N) is 3. The van der Waals surface area contributed by atoms with Gasteiger partial charge in [-0.2, -0.15) is 10.1 Å². The Morgan fingerprint density at radius 3 is 2.90 bits per heavy atom. The molecule has 21 heavy (non-hydrogen) atoms. The van der Waals surface area contributed by atoms with E-state index in [1.165, 1.54) is 0 Å². The molecule has 1 aliphatic rings. The van der Waals surface area contributed by atoms with E-state index < -0.39 is 0 Å². The minimum absolute atomic E-state index is 0.235. The lowest BCUT2D eigenvalue weighted by Gasteiger charge is -1.97. The maximum atomic E-state index is 5.35. The van der Waals surface area contributed by atoms with E-state index in [1.807, 2.05) is 36.4 Å². The van der Waals surface area contributed by atoms with Gasteiger partial charge in [-0.3, -0.25) is 5.10 Å². The number of H-pyrrole nitrogens is 1. The van der Waals surface area contributed by atoms with Crippen LogP contribution in [0.15, 0.2) is 40.9 Å². The van der Waals surface area contributed by atoms with Crippen LogP contribution in [-0.4, -0.2) is 33.6 Å². The summed E-state index contributed by atoms with van der Waals surface area (Å²) in [6.07, 6.45) is 0.942. The van der Waals surface area contributed by atoms with E-state index in [-0.39, 0.29) is 5.92 Å². The summed E-state index contributed by atoms with van der Waals surface area (Å²) in [5.41, 5.74) is 2.63. The van der Waals surface area contributed by atoms with Crippen molar-refractivity contribution in [2.75, 3.05) is 13.2 Å². The predicted octanol–water partition coefficient (Wildman–Crippen LogP) is 2.63. The van der Waals surface area contributed by atoms with Gasteiger partial charge in [-0.1, -0.05) is 35.5 Å². The molecule has 1 aromatic carbocycles. The van der Waals surface area contributed by atoms with Crippen molar-refractivity contribution in [3.8, 4) is 22.8 Å². The van der Waals surface area contributed by atoms with E-state index in [0.717, 1.165) is 30.0 Å². The average molecular weight is 282 g/mol. The summed E-state index contributed by atoms with van der Waals surface area (Å²) in [7, 11) is 0. The molecule has 1 N–H and O–H groups in total. The quantitative estimate of drug-likeness (QED) is 0.799. The number of rotatable bonds is 3. The van der Waals surface area contributed by atoms with Gasteiger partial charge in [0.25, 0.3) is 5.89 Å². The van der Waals surface area contributed by atoms with Crippen LogP contribution in [0, 0.1) is 0 Å². The Balaban J connectivity index is 1.61. The van der Waals surface area contributed by atoms with Crippen LogP contribution in [0.4, 0.5) is 0 Å². The molecule has 1 fully saturated rings. The number of hydrogen-bond donors (Lipinski definition) is 1. The van der Waals surface area contributed by atoms with Gasteiger partial charge in [-0.25, -0.2) is 0 Å². The van der Waals surface area contributed by atoms with Gasteiger partial charge in [-0.15, -0.1) is 0 Å². The molecule has 0 aliphatic carbocycles. The first kappa shape index (κ1) is 12.3. The first-order chi connectivity index (χ1) is 10.4. The third-order valence-electron chi connectivity index (χ3n) is 3.61. The molecule has 1 aliphatic heterocycles. The van der Waals surface area contributed by atoms with Gasteiger partial charge in [0.2, 0.25) is 0 Å². The Labute approximate surface area is 121 Å². The molecule has 0 amide bonds. The summed E-state index contributed by atoms with van der Waals surface area (Å²) in [5, 5.41) is 11.3. The number of nitrogens with one attached hydrogen (secondary N) is 1. The second-order valence-electron chi connectivity index (χ2n) is 5.05. The van der Waals surface area contributed by atoms with Crippen molar-refractivity contribution in [2.24, 2.45) is 0 Å². The Morgan fingerprint density at radius 1 is 1.19 bits per heavy atom. The van der Waals surface area contributed by atoms with Crippen LogP contribution >= 0.6 is 0 Å². The summed E-state index contributed by atoms with van der Waals surface area (Å²) < 4.78 is 10.7. The van der Waals surface area contributed by atoms with E-state index in [0.29, 0.717) is 18.3 Å². The average Bonchev–Trinajstić information content (AvgIpc) is 3.27. The zero-order valence-electron chi connectivity index (χ0n) is 11.3. The van der Waals surface area contributed by atoms with E-state index in [4.69, 9.17) is 9.26 Å². The smallest absolute Gasteiger partial charge is 0.275 e. The molecule has 3 heterocycles. The largest absolute Gasteiger partial charge is 0.381 e. The summed E-state index contributed by atoms with van der Waals surface area (Å²) in [6, 6.07) is 11.9. The maximum absolute atomic E-state index is 5.35. The molecule has 3 aromatic rings. The fourth-order valence-corrected chi connectivity index (χ4v) is 2.44. The van der Waals surface area contributed by atoms with E-state index in [9.17, 15) is 0 Å². The molecule has 6 nitrogen and oxygen atoms in total. The van der Waals surface area contributed by atoms with Crippen LogP contribution in [0.3, 0.4) is 0 Å². The van der Waals surface area contributed by atoms with Gasteiger partial charge >= 0.3 is 0 Å². The molecule has 6 heteroatoms. The zero-order chi connectivity index (χ0) is 14.1. The number of ether oxygens (including phenoxy) is 1. The molecule has 0 bridgehead atoms. The van der Waals surface area contributed by atoms with Crippen molar-refractivity contribution in [1.29, 1.82) is 0 Å². The maximum Gasteiger partial charge on any atom is 0.275 e. The molecule has 2 aromatic heterocycles. The van der Waals surface area contributed by atoms with Crippen LogP contribution in [0.1, 0.15) is 18.2 Å². The Hall–Kier alpha value is -2.47. The normalized spacial score (nSPS) is 18.2. The third-order valence-corrected chi connectivity index (χ3v) is 3.61. The van der Waals surface area contributed by atoms with E-state index in [2.05, 4.69) is 20.3 Å². The molecule has 1 atom stereocenters. The molecular weight excluding hydrogens is 268 g/mol. The van der Waals surface area contributed by atoms with E-state index in [1.54, 1.807) is 0 Å². The second kappa shape index (κ2) is 5.14. The lowest BCUT2D eigenvalue weighted by molar-refractivity contribution is 0.192. The van der Waals surface area contributed by atoms with Crippen molar-refractivity contribution in [1.82, 2.24) is 20.3 Å². The highest BCUT2D eigenvalue weighted by molar-refractivity contribution is 5.64. The number of aromatic amines is 1. The molecule has 0 radical (unpaired) electrons. The van der Waals surface area contributed by atoms with Crippen molar-refractivity contribution >= 4 is 0 Å². The zero-order valence-corrected chi connectivity index (χ0v) is 11.3. The molecule has 0 unspecified atom stereocenters. The molecule has 0 spiro atoms. The Kier molecular flexibility index (Phi) is 3.01. The number of hydrogen-bond acceptors (Lipinski definition) is 5. The lowest BCUT2D eigenvalue weighted by atomic mass is 10.1. The summed E-state index contributed by atoms with van der Waals surface area (Å²) >= 11 is 0. The van der Waals surface area contributed by atoms with Gasteiger partial charge in [0.05, 0.1) is 12.3 Å². The summed E-state index contributed by atoms with van der Waals surface area (Å²) in [6.45, 7) is 1.42. The van der Waals surface area contributed by atoms with Crippen molar-refractivity contribution < 1.29 is 9.26 Å². The molecule has 4 rings (SSSR count). The standard InChI is InChI=1S/C15H14N4O2/c1-2-4-10(5-3-1)12-8-13(18-17-12)15-16-14(19-21-15)11-6-7-20-9-11/h1-5,8,11H,6-7,9H2,(H,17,18)/t11-/m1/s1. The van der Waals surface area contributed by atoms with Gasteiger partial charge < -0.3 is 9.26 Å². The fourth-order valence-electron chi connectivity index (χ4n) is 2.44. The minimum Gasteiger partial charge on any atom is -0.381 e. The van der Waals surface area contributed by atoms with Crippen LogP contribution in [0.5, 0.6) is 0 Å². The van der Waals surface area contributed by atoms with Gasteiger partial charge in [0.1, 0.15) is 5.69 Å². The SMILES string of the molecule is c1ccc(-c2cc(-c3nc([C@@H]4CCOC4)no3)[nH]n2)cc1. The highest BCUT2D eigenvalue weighted by Crippen LogP contribution is 2.26. The van der Waals surface area contributed by atoms with Gasteiger partial charge in [0, 0.05) is 18.1 Å². The topological polar surface area (TPSA) is 76.8 Å². The fraction of sp³-hybridized carbons (Fsp3) is 0.267. The molecule has 1 saturated heterocycles. The number of aromatic nitrogens is 4. The highest BCUT2D eigenvalue weighted by Gasteiger charge is 2.24. The van der Waals surface area contributed by atoms with Crippen LogP contribution in [-0.2, 0) is 4.74 Å². The first-order valence-electron chi connectivity index (χ1n) is 6.93. The highest BCUT2D eigenvalue weighted by atomic mass is 16.5. The number of benzene rings is 1. The molecular formula is C15H14N4O2. The van der Waals surface area contributed by atoms with Crippen LogP contribution in [0.2, 0.25) is 0 Å². The molecule has 0 saturated carbocycles. The van der Waals surface area contributed by atoms with Crippen LogP contribution < -0.4 is 0 Å². The van der Waals surface area contributed by atoms with E-state index >= 15 is 0 Å². The Morgan fingerprint density at radius 2 is 2.10 bits per heavy atom. The second-order valence-corrected chi connectivity index (χ2v) is 5.05. The third kappa shape index (κ3) is 2.34. The molecule has 106 valence electrons. The van der Waals surface area contributed by atoms with Crippen LogP contribution in [0.25, 0.3) is 22.8 Å². The van der Waals surface area contributed by atoms with Crippen molar-refractivity contribution in [3.63, 3.8) is 0 Å². The van der Waals surface area contributed by atoms with Crippen molar-refractivity contribution in [3.05, 3.63) is 42.2 Å². The van der Waals surface area contributed by atoms with Gasteiger partial charge in [0.15, 0.2) is 5.82 Å². The summed E-state index contributed by atoms with van der Waals surface area (Å²) in [4.78, 5) is 4.44. The monoisotopic (exact) mass is 282 g/mol. The minimum atomic E-state index is 0.235. The lowest BCUT2D eigenvalue weighted by Crippen LogP contribution is -1.99. The predicted molar refractivity (Wildman–Crippen MR) is 75.5 cm³/mol. The van der Waals surface area contributed by atoms with Gasteiger partial charge in [-0.05, 0) is 12.5 Å². The first-order valence-corrected chi connectivity index (χ1v) is 6.93. The van der Waals surface area contributed by atoms with Crippen molar-refractivity contribution in [2.45, 2.75) is 12.3 Å². The summed E-state index contributed by atoms with van der Waals surface area (Å²) in [5.74, 6) is 1.41. The Bertz CT molecular complexity index is 729.